The van der Waals surface area contributed by atoms with Gasteiger partial charge in [-0.25, -0.2) is 0 Å². The van der Waals surface area contributed by atoms with E-state index in [-0.39, 0.29) is 22.8 Å². The summed E-state index contributed by atoms with van der Waals surface area (Å²) in [7, 11) is 0. The molecule has 0 aliphatic rings. The van der Waals surface area contributed by atoms with Gasteiger partial charge in [0.2, 0.25) is 11.3 Å². The van der Waals surface area contributed by atoms with Crippen molar-refractivity contribution in [2.24, 2.45) is 0 Å². The summed E-state index contributed by atoms with van der Waals surface area (Å²) in [4.78, 5) is 26.2. The van der Waals surface area contributed by atoms with Gasteiger partial charge in [-0.1, -0.05) is 47.5 Å². The fraction of sp³-hybridized carbons (Fsp3) is 0. The predicted octanol–water partition coefficient (Wildman–Crippen LogP) is 6.08. The summed E-state index contributed by atoms with van der Waals surface area (Å²) in [5.74, 6) is -0.291. The highest BCUT2D eigenvalue weighted by molar-refractivity contribution is 7.12. The second kappa shape index (κ2) is 7.19. The number of halogens is 2. The van der Waals surface area contributed by atoms with Crippen molar-refractivity contribution in [1.29, 1.82) is 0 Å². The van der Waals surface area contributed by atoms with Crippen LogP contribution in [0.4, 0.5) is 5.88 Å². The third kappa shape index (κ3) is 3.37. The van der Waals surface area contributed by atoms with E-state index in [0.717, 1.165) is 0 Å². The van der Waals surface area contributed by atoms with Gasteiger partial charge in [0.25, 0.3) is 5.91 Å². The van der Waals surface area contributed by atoms with Crippen LogP contribution in [0.1, 0.15) is 9.67 Å². The lowest BCUT2D eigenvalue weighted by Crippen LogP contribution is -2.15. The first-order valence-corrected chi connectivity index (χ1v) is 9.54. The molecule has 4 nitrogen and oxygen atoms in total. The van der Waals surface area contributed by atoms with Crippen molar-refractivity contribution in [3.8, 4) is 11.1 Å². The Hall–Kier alpha value is -2.60. The lowest BCUT2D eigenvalue weighted by atomic mass is 10.0. The van der Waals surface area contributed by atoms with Gasteiger partial charge in [-0.3, -0.25) is 14.9 Å². The molecule has 1 amide bonds. The highest BCUT2D eigenvalue weighted by Gasteiger charge is 2.20. The number of carbonyl (C=O) groups is 1. The van der Waals surface area contributed by atoms with Crippen LogP contribution in [0, 0.1) is 0 Å². The van der Waals surface area contributed by atoms with Gasteiger partial charge in [0, 0.05) is 0 Å². The van der Waals surface area contributed by atoms with Gasteiger partial charge in [-0.2, -0.15) is 0 Å². The zero-order chi connectivity index (χ0) is 19.0. The third-order valence-electron chi connectivity index (χ3n) is 3.98. The minimum absolute atomic E-state index is 0.0653. The van der Waals surface area contributed by atoms with Gasteiger partial charge in [-0.15, -0.1) is 11.3 Å². The number of rotatable bonds is 3. The number of para-hydroxylation sites is 1. The fourth-order valence-corrected chi connectivity index (χ4v) is 3.63. The van der Waals surface area contributed by atoms with Crippen LogP contribution in [-0.4, -0.2) is 5.91 Å². The van der Waals surface area contributed by atoms with E-state index in [1.54, 1.807) is 60.0 Å². The van der Waals surface area contributed by atoms with E-state index < -0.39 is 0 Å². The van der Waals surface area contributed by atoms with Crippen LogP contribution < -0.4 is 10.7 Å². The molecule has 1 N–H and O–H groups in total. The summed E-state index contributed by atoms with van der Waals surface area (Å²) in [6, 6.07) is 15.2. The van der Waals surface area contributed by atoms with E-state index in [1.807, 2.05) is 0 Å². The summed E-state index contributed by atoms with van der Waals surface area (Å²) in [6.45, 7) is 0. The number of fused-ring (bicyclic) bond motifs is 1. The Balaban J connectivity index is 1.94. The molecule has 0 aliphatic carbocycles. The summed E-state index contributed by atoms with van der Waals surface area (Å²) in [6.07, 6.45) is 0. The van der Waals surface area contributed by atoms with Crippen molar-refractivity contribution in [1.82, 2.24) is 0 Å². The zero-order valence-corrected chi connectivity index (χ0v) is 16.0. The normalized spacial score (nSPS) is 10.9. The van der Waals surface area contributed by atoms with Crippen LogP contribution in [0.5, 0.6) is 0 Å². The van der Waals surface area contributed by atoms with Crippen molar-refractivity contribution in [2.75, 3.05) is 5.32 Å². The molecule has 0 atom stereocenters. The number of carbonyl (C=O) groups excluding carboxylic acids is 1. The molecule has 0 saturated heterocycles. The highest BCUT2D eigenvalue weighted by atomic mass is 35.5. The second-order valence-corrected chi connectivity index (χ2v) is 7.45. The number of amides is 1. The Bertz CT molecular complexity index is 1220. The molecular formula is C20H11Cl2NO3S. The highest BCUT2D eigenvalue weighted by Crippen LogP contribution is 2.33. The first kappa shape index (κ1) is 17.8. The van der Waals surface area contributed by atoms with Crippen molar-refractivity contribution in [2.45, 2.75) is 0 Å². The molecule has 0 radical (unpaired) electrons. The van der Waals surface area contributed by atoms with E-state index in [4.69, 9.17) is 27.6 Å². The molecule has 0 unspecified atom stereocenters. The quantitative estimate of drug-likeness (QED) is 0.440. The molecule has 0 spiro atoms. The van der Waals surface area contributed by atoms with Crippen molar-refractivity contribution >= 4 is 57.3 Å². The number of hydrogen-bond donors (Lipinski definition) is 1. The zero-order valence-electron chi connectivity index (χ0n) is 13.7. The Morgan fingerprint density at radius 2 is 1.81 bits per heavy atom. The maximum absolute atomic E-state index is 13.1. The maximum Gasteiger partial charge on any atom is 0.268 e. The smallest absolute Gasteiger partial charge is 0.268 e. The molecule has 4 rings (SSSR count). The first-order valence-electron chi connectivity index (χ1n) is 7.91. The summed E-state index contributed by atoms with van der Waals surface area (Å²) in [5.41, 5.74) is 0.840. The van der Waals surface area contributed by atoms with Crippen LogP contribution >= 0.6 is 34.5 Å². The minimum atomic E-state index is -0.357. The maximum atomic E-state index is 13.1. The Labute approximate surface area is 168 Å². The van der Waals surface area contributed by atoms with Gasteiger partial charge in [0.05, 0.1) is 25.9 Å². The van der Waals surface area contributed by atoms with Gasteiger partial charge >= 0.3 is 0 Å². The molecule has 0 saturated carbocycles. The van der Waals surface area contributed by atoms with Gasteiger partial charge in [-0.05, 0) is 41.3 Å². The Morgan fingerprint density at radius 1 is 1.00 bits per heavy atom. The number of hydrogen-bond acceptors (Lipinski definition) is 4. The van der Waals surface area contributed by atoms with Gasteiger partial charge < -0.3 is 4.42 Å². The number of anilines is 1. The number of benzene rings is 2. The molecule has 2 aromatic heterocycles. The predicted molar refractivity (Wildman–Crippen MR) is 110 cm³/mol. The van der Waals surface area contributed by atoms with E-state index in [9.17, 15) is 9.59 Å². The third-order valence-corrected chi connectivity index (χ3v) is 5.59. The van der Waals surface area contributed by atoms with Crippen LogP contribution in [0.3, 0.4) is 0 Å². The van der Waals surface area contributed by atoms with Crippen LogP contribution in [0.2, 0.25) is 10.0 Å². The monoisotopic (exact) mass is 415 g/mol. The number of nitrogens with one attached hydrogen (secondary N) is 1. The van der Waals surface area contributed by atoms with E-state index in [1.165, 1.54) is 11.3 Å². The Morgan fingerprint density at radius 3 is 2.56 bits per heavy atom. The molecule has 2 heterocycles. The molecule has 7 heteroatoms. The van der Waals surface area contributed by atoms with Crippen LogP contribution in [-0.2, 0) is 0 Å². The van der Waals surface area contributed by atoms with Crippen LogP contribution in [0.25, 0.3) is 22.1 Å². The summed E-state index contributed by atoms with van der Waals surface area (Å²) in [5, 5.41) is 5.59. The van der Waals surface area contributed by atoms with Crippen LogP contribution in [0.15, 0.2) is 69.2 Å². The van der Waals surface area contributed by atoms with Crippen molar-refractivity contribution in [3.63, 3.8) is 0 Å². The SMILES string of the molecule is O=C(Nc1oc2ccccc2c(=O)c1-c1ccc(Cl)c(Cl)c1)c1cccs1. The average Bonchev–Trinajstić information content (AvgIpc) is 3.19. The lowest BCUT2D eigenvalue weighted by molar-refractivity contribution is 0.102. The average molecular weight is 416 g/mol. The molecule has 0 bridgehead atoms. The van der Waals surface area contributed by atoms with Crippen molar-refractivity contribution < 1.29 is 9.21 Å². The van der Waals surface area contributed by atoms with E-state index in [0.29, 0.717) is 31.5 Å². The second-order valence-electron chi connectivity index (χ2n) is 5.69. The molecule has 4 aromatic rings. The number of thiophene rings is 1. The largest absolute Gasteiger partial charge is 0.439 e. The molecule has 0 aliphatic heterocycles. The van der Waals surface area contributed by atoms with Gasteiger partial charge in [0.15, 0.2) is 0 Å². The first-order chi connectivity index (χ1) is 13.0. The molecule has 27 heavy (non-hydrogen) atoms. The Kier molecular flexibility index (Phi) is 4.74. The van der Waals surface area contributed by atoms with Gasteiger partial charge in [0.1, 0.15) is 5.58 Å². The standard InChI is InChI=1S/C20H11Cl2NO3S/c21-13-8-7-11(10-14(13)22)17-18(24)12-4-1-2-5-15(12)26-20(17)23-19(25)16-6-3-9-27-16/h1-10H,(H,23,25). The molecule has 2 aromatic carbocycles. The molecule has 0 fully saturated rings. The van der Waals surface area contributed by atoms with E-state index in [2.05, 4.69) is 5.32 Å². The summed E-state index contributed by atoms with van der Waals surface area (Å²) >= 11 is 13.4. The lowest BCUT2D eigenvalue weighted by Gasteiger charge is -2.11. The molecule has 134 valence electrons. The molecular weight excluding hydrogens is 405 g/mol. The van der Waals surface area contributed by atoms with E-state index >= 15 is 0 Å². The minimum Gasteiger partial charge on any atom is -0.439 e. The summed E-state index contributed by atoms with van der Waals surface area (Å²) < 4.78 is 5.86. The fourth-order valence-electron chi connectivity index (χ4n) is 2.72. The van der Waals surface area contributed by atoms with Crippen molar-refractivity contribution in [3.05, 3.63) is 85.1 Å². The topological polar surface area (TPSA) is 59.3 Å².